The Balaban J connectivity index is 1.94. The molecular weight excluding hydrogens is 270 g/mol. The van der Waals surface area contributed by atoms with Gasteiger partial charge in [0.2, 0.25) is 0 Å². The number of hydrogen-bond acceptors (Lipinski definition) is 4. The maximum absolute atomic E-state index is 11.6. The van der Waals surface area contributed by atoms with Crippen LogP contribution >= 0.6 is 0 Å². The average molecular weight is 287 g/mol. The molecule has 1 heterocycles. The average Bonchev–Trinajstić information content (AvgIpc) is 2.95. The summed E-state index contributed by atoms with van der Waals surface area (Å²) in [5.74, 6) is 1.24. The largest absolute Gasteiger partial charge is 0.486 e. The molecule has 0 spiro atoms. The molecule has 110 valence electrons. The van der Waals surface area contributed by atoms with Crippen LogP contribution in [-0.4, -0.2) is 18.2 Å². The van der Waals surface area contributed by atoms with Crippen LogP contribution in [0.3, 0.4) is 0 Å². The first kappa shape index (κ1) is 14.8. The Bertz CT molecular complexity index is 628. The van der Waals surface area contributed by atoms with E-state index in [1.807, 2.05) is 6.92 Å². The van der Waals surface area contributed by atoms with E-state index in [4.69, 9.17) is 9.15 Å². The molecular formula is C16H17NO4. The lowest BCUT2D eigenvalue weighted by Crippen LogP contribution is -2.21. The van der Waals surface area contributed by atoms with E-state index < -0.39 is 0 Å². The number of nitrogens with one attached hydrogen (secondary N) is 1. The topological polar surface area (TPSA) is 68.5 Å². The van der Waals surface area contributed by atoms with Crippen LogP contribution in [0.15, 0.2) is 40.8 Å². The van der Waals surface area contributed by atoms with E-state index in [0.717, 1.165) is 0 Å². The molecule has 0 aliphatic heterocycles. The normalized spacial score (nSPS) is 10.2. The highest BCUT2D eigenvalue weighted by atomic mass is 16.5. The highest BCUT2D eigenvalue weighted by Crippen LogP contribution is 2.16. The summed E-state index contributed by atoms with van der Waals surface area (Å²) in [5, 5.41) is 2.66. The summed E-state index contributed by atoms with van der Waals surface area (Å²) in [6.45, 7) is 4.13. The second kappa shape index (κ2) is 6.74. The van der Waals surface area contributed by atoms with Gasteiger partial charge in [-0.05, 0) is 50.2 Å². The van der Waals surface area contributed by atoms with Gasteiger partial charge in [-0.15, -0.1) is 0 Å². The molecule has 0 aliphatic carbocycles. The number of hydrogen-bond donors (Lipinski definition) is 1. The van der Waals surface area contributed by atoms with Gasteiger partial charge in [-0.2, -0.15) is 0 Å². The molecule has 1 N–H and O–H groups in total. The van der Waals surface area contributed by atoms with Gasteiger partial charge in [-0.3, -0.25) is 9.59 Å². The lowest BCUT2D eigenvalue weighted by Gasteiger charge is -2.04. The summed E-state index contributed by atoms with van der Waals surface area (Å²) in [6, 6.07) is 10.2. The maximum Gasteiger partial charge on any atom is 0.286 e. The van der Waals surface area contributed by atoms with E-state index in [1.54, 1.807) is 36.4 Å². The molecule has 0 radical (unpaired) electrons. The van der Waals surface area contributed by atoms with Gasteiger partial charge in [0.15, 0.2) is 11.5 Å². The number of Topliss-reactive ketones (excluding diaryl/α,β-unsaturated/α-hetero) is 1. The Morgan fingerprint density at radius 3 is 2.48 bits per heavy atom. The standard InChI is InChI=1S/C16H17NO4/c1-3-17-16(19)15-9-8-14(21-15)10-20-13-6-4-12(5-7-13)11(2)18/h4-9H,3,10H2,1-2H3,(H,17,19). The third-order valence-corrected chi connectivity index (χ3v) is 2.86. The predicted molar refractivity (Wildman–Crippen MR) is 77.5 cm³/mol. The summed E-state index contributed by atoms with van der Waals surface area (Å²) < 4.78 is 10.9. The Morgan fingerprint density at radius 2 is 1.86 bits per heavy atom. The molecule has 2 aromatic rings. The van der Waals surface area contributed by atoms with E-state index in [0.29, 0.717) is 23.6 Å². The van der Waals surface area contributed by atoms with Crippen molar-refractivity contribution in [1.29, 1.82) is 0 Å². The third kappa shape index (κ3) is 3.95. The van der Waals surface area contributed by atoms with Crippen LogP contribution in [0.5, 0.6) is 5.75 Å². The monoisotopic (exact) mass is 287 g/mol. The van der Waals surface area contributed by atoms with Crippen molar-refractivity contribution in [3.05, 3.63) is 53.5 Å². The molecule has 0 fully saturated rings. The Kier molecular flexibility index (Phi) is 4.77. The first-order valence-corrected chi connectivity index (χ1v) is 6.71. The molecule has 0 unspecified atom stereocenters. The van der Waals surface area contributed by atoms with Gasteiger partial charge in [0.25, 0.3) is 5.91 Å². The van der Waals surface area contributed by atoms with Crippen LogP contribution < -0.4 is 10.1 Å². The molecule has 21 heavy (non-hydrogen) atoms. The molecule has 2 rings (SSSR count). The molecule has 5 heteroatoms. The second-order valence-electron chi connectivity index (χ2n) is 4.49. The number of carbonyl (C=O) groups is 2. The van der Waals surface area contributed by atoms with Gasteiger partial charge in [0.1, 0.15) is 18.1 Å². The Labute approximate surface area is 122 Å². The van der Waals surface area contributed by atoms with Crippen LogP contribution in [0.1, 0.15) is 40.5 Å². The molecule has 0 saturated heterocycles. The van der Waals surface area contributed by atoms with Crippen LogP contribution in [0.2, 0.25) is 0 Å². The zero-order valence-corrected chi connectivity index (χ0v) is 12.0. The zero-order valence-electron chi connectivity index (χ0n) is 12.0. The smallest absolute Gasteiger partial charge is 0.286 e. The van der Waals surface area contributed by atoms with Gasteiger partial charge in [0.05, 0.1) is 0 Å². The molecule has 5 nitrogen and oxygen atoms in total. The van der Waals surface area contributed by atoms with Gasteiger partial charge >= 0.3 is 0 Å². The number of rotatable bonds is 6. The predicted octanol–water partition coefficient (Wildman–Crippen LogP) is 2.81. The number of amides is 1. The van der Waals surface area contributed by atoms with E-state index in [2.05, 4.69) is 5.32 Å². The van der Waals surface area contributed by atoms with Crippen molar-refractivity contribution >= 4 is 11.7 Å². The van der Waals surface area contributed by atoms with Crippen molar-refractivity contribution in [2.45, 2.75) is 20.5 Å². The fourth-order valence-electron chi connectivity index (χ4n) is 1.77. The number of benzene rings is 1. The first-order chi connectivity index (χ1) is 10.1. The second-order valence-corrected chi connectivity index (χ2v) is 4.49. The van der Waals surface area contributed by atoms with Crippen LogP contribution in [-0.2, 0) is 6.61 Å². The molecule has 0 atom stereocenters. The lowest BCUT2D eigenvalue weighted by molar-refractivity contribution is 0.0923. The fourth-order valence-corrected chi connectivity index (χ4v) is 1.77. The highest BCUT2D eigenvalue weighted by molar-refractivity contribution is 5.94. The van der Waals surface area contributed by atoms with Crippen molar-refractivity contribution in [3.63, 3.8) is 0 Å². The van der Waals surface area contributed by atoms with Gasteiger partial charge in [0, 0.05) is 12.1 Å². The lowest BCUT2D eigenvalue weighted by atomic mass is 10.1. The van der Waals surface area contributed by atoms with Crippen LogP contribution in [0, 0.1) is 0 Å². The molecule has 1 aromatic heterocycles. The molecule has 0 bridgehead atoms. The highest BCUT2D eigenvalue weighted by Gasteiger charge is 2.10. The SMILES string of the molecule is CCNC(=O)c1ccc(COc2ccc(C(C)=O)cc2)o1. The van der Waals surface area contributed by atoms with Crippen LogP contribution in [0.25, 0.3) is 0 Å². The Morgan fingerprint density at radius 1 is 1.14 bits per heavy atom. The summed E-state index contributed by atoms with van der Waals surface area (Å²) in [5.41, 5.74) is 0.638. The first-order valence-electron chi connectivity index (χ1n) is 6.71. The van der Waals surface area contributed by atoms with E-state index >= 15 is 0 Å². The zero-order chi connectivity index (χ0) is 15.2. The maximum atomic E-state index is 11.6. The van der Waals surface area contributed by atoms with Crippen molar-refractivity contribution < 1.29 is 18.7 Å². The van der Waals surface area contributed by atoms with Gasteiger partial charge in [-0.1, -0.05) is 0 Å². The molecule has 0 aliphatic rings. The minimum absolute atomic E-state index is 0.0131. The Hall–Kier alpha value is -2.56. The van der Waals surface area contributed by atoms with E-state index in [1.165, 1.54) is 6.92 Å². The van der Waals surface area contributed by atoms with Crippen molar-refractivity contribution in [2.75, 3.05) is 6.54 Å². The molecule has 1 amide bonds. The third-order valence-electron chi connectivity index (χ3n) is 2.86. The minimum atomic E-state index is -0.241. The van der Waals surface area contributed by atoms with Gasteiger partial charge < -0.3 is 14.5 Å². The number of ether oxygens (including phenoxy) is 1. The molecule has 1 aromatic carbocycles. The van der Waals surface area contributed by atoms with E-state index in [-0.39, 0.29) is 24.1 Å². The summed E-state index contributed by atoms with van der Waals surface area (Å²) in [6.07, 6.45) is 0. The summed E-state index contributed by atoms with van der Waals surface area (Å²) in [7, 11) is 0. The quantitative estimate of drug-likeness (QED) is 0.829. The fraction of sp³-hybridized carbons (Fsp3) is 0.250. The van der Waals surface area contributed by atoms with E-state index in [9.17, 15) is 9.59 Å². The number of ketones is 1. The minimum Gasteiger partial charge on any atom is -0.486 e. The van der Waals surface area contributed by atoms with Crippen molar-refractivity contribution in [2.24, 2.45) is 0 Å². The van der Waals surface area contributed by atoms with Crippen molar-refractivity contribution in [1.82, 2.24) is 5.32 Å². The number of furan rings is 1. The van der Waals surface area contributed by atoms with Gasteiger partial charge in [-0.25, -0.2) is 0 Å². The summed E-state index contributed by atoms with van der Waals surface area (Å²) in [4.78, 5) is 22.7. The van der Waals surface area contributed by atoms with Crippen LogP contribution in [0.4, 0.5) is 0 Å². The number of carbonyl (C=O) groups excluding carboxylic acids is 2. The van der Waals surface area contributed by atoms with Crippen molar-refractivity contribution in [3.8, 4) is 5.75 Å². The summed E-state index contributed by atoms with van der Waals surface area (Å²) >= 11 is 0. The molecule has 0 saturated carbocycles.